The van der Waals surface area contributed by atoms with Gasteiger partial charge in [0.25, 0.3) is 0 Å². The lowest BCUT2D eigenvalue weighted by Crippen LogP contribution is -2.05. The van der Waals surface area contributed by atoms with Crippen LogP contribution in [0, 0.1) is 11.6 Å². The number of aromatic nitrogens is 2. The number of fused-ring (bicyclic) bond motifs is 1. The molecule has 0 spiro atoms. The molecule has 1 heterocycles. The first kappa shape index (κ1) is 9.89. The fourth-order valence-electron chi connectivity index (χ4n) is 1.65. The molecule has 0 aliphatic rings. The second-order valence-corrected chi connectivity index (χ2v) is 3.69. The van der Waals surface area contributed by atoms with E-state index in [-0.39, 0.29) is 12.0 Å². The van der Waals surface area contributed by atoms with Gasteiger partial charge in [-0.15, -0.1) is 0 Å². The van der Waals surface area contributed by atoms with Crippen LogP contribution < -0.4 is 5.73 Å². The molecule has 2 rings (SSSR count). The number of hydrogen-bond donors (Lipinski definition) is 1. The van der Waals surface area contributed by atoms with Crippen LogP contribution in [0.25, 0.3) is 11.0 Å². The highest BCUT2D eigenvalue weighted by Gasteiger charge is 2.13. The third kappa shape index (κ3) is 1.44. The maximum Gasteiger partial charge on any atom is 0.201 e. The van der Waals surface area contributed by atoms with Crippen LogP contribution in [-0.2, 0) is 0 Å². The molecule has 0 fully saturated rings. The van der Waals surface area contributed by atoms with Crippen LogP contribution in [0.15, 0.2) is 12.1 Å². The molecule has 0 aliphatic carbocycles. The Kier molecular flexibility index (Phi) is 2.10. The fourth-order valence-corrected chi connectivity index (χ4v) is 1.65. The van der Waals surface area contributed by atoms with Gasteiger partial charge in [-0.1, -0.05) is 0 Å². The Labute approximate surface area is 85.5 Å². The number of hydrogen-bond acceptors (Lipinski definition) is 2. The number of imidazole rings is 1. The van der Waals surface area contributed by atoms with E-state index in [1.807, 2.05) is 13.8 Å². The third-order valence-electron chi connectivity index (χ3n) is 2.28. The Balaban J connectivity index is 2.81. The van der Waals surface area contributed by atoms with Crippen LogP contribution in [-0.4, -0.2) is 9.55 Å². The van der Waals surface area contributed by atoms with E-state index in [0.717, 1.165) is 12.1 Å². The molecule has 0 atom stereocenters. The van der Waals surface area contributed by atoms with Crippen molar-refractivity contribution in [3.63, 3.8) is 0 Å². The van der Waals surface area contributed by atoms with Crippen LogP contribution in [0.3, 0.4) is 0 Å². The van der Waals surface area contributed by atoms with Crippen LogP contribution in [0.5, 0.6) is 0 Å². The summed E-state index contributed by atoms with van der Waals surface area (Å²) >= 11 is 0. The van der Waals surface area contributed by atoms with E-state index >= 15 is 0 Å². The zero-order chi connectivity index (χ0) is 11.2. The average molecular weight is 211 g/mol. The summed E-state index contributed by atoms with van der Waals surface area (Å²) in [5.74, 6) is -1.52. The minimum Gasteiger partial charge on any atom is -0.369 e. The zero-order valence-electron chi connectivity index (χ0n) is 8.46. The first-order valence-electron chi connectivity index (χ1n) is 4.63. The smallest absolute Gasteiger partial charge is 0.201 e. The monoisotopic (exact) mass is 211 g/mol. The van der Waals surface area contributed by atoms with E-state index in [2.05, 4.69) is 4.98 Å². The highest BCUT2D eigenvalue weighted by molar-refractivity contribution is 5.78. The molecule has 0 aliphatic heterocycles. The number of nitrogens with two attached hydrogens (primary N) is 1. The van der Waals surface area contributed by atoms with E-state index in [0.29, 0.717) is 11.0 Å². The quantitative estimate of drug-likeness (QED) is 0.787. The van der Waals surface area contributed by atoms with E-state index in [4.69, 9.17) is 5.73 Å². The molecule has 0 bridgehead atoms. The van der Waals surface area contributed by atoms with Gasteiger partial charge in [-0.2, -0.15) is 0 Å². The summed E-state index contributed by atoms with van der Waals surface area (Å²) in [4.78, 5) is 3.97. The van der Waals surface area contributed by atoms with Crippen molar-refractivity contribution in [3.05, 3.63) is 23.8 Å². The predicted molar refractivity (Wildman–Crippen MR) is 54.4 cm³/mol. The van der Waals surface area contributed by atoms with Crippen LogP contribution >= 0.6 is 0 Å². The van der Waals surface area contributed by atoms with Gasteiger partial charge >= 0.3 is 0 Å². The number of anilines is 1. The Morgan fingerprint density at radius 3 is 2.47 bits per heavy atom. The molecule has 80 valence electrons. The molecule has 0 unspecified atom stereocenters. The number of benzene rings is 1. The molecular formula is C10H11F2N3. The number of nitrogen functional groups attached to an aromatic ring is 1. The number of halogens is 2. The molecule has 15 heavy (non-hydrogen) atoms. The first-order chi connectivity index (χ1) is 7.00. The SMILES string of the molecule is CC(C)n1c(N)nc2cc(F)c(F)cc21. The maximum absolute atomic E-state index is 13.0. The molecule has 1 aromatic heterocycles. The van der Waals surface area contributed by atoms with Crippen LogP contribution in [0.4, 0.5) is 14.7 Å². The molecule has 2 aromatic rings. The molecule has 3 nitrogen and oxygen atoms in total. The topological polar surface area (TPSA) is 43.8 Å². The second kappa shape index (κ2) is 3.18. The van der Waals surface area contributed by atoms with Gasteiger partial charge in [-0.25, -0.2) is 13.8 Å². The summed E-state index contributed by atoms with van der Waals surface area (Å²) in [6.07, 6.45) is 0. The normalized spacial score (nSPS) is 11.5. The standard InChI is InChI=1S/C10H11F2N3/c1-5(2)15-9-4-7(12)6(11)3-8(9)14-10(15)13/h3-5H,1-2H3,(H2,13,14). The number of nitrogens with zero attached hydrogens (tertiary/aromatic N) is 2. The lowest BCUT2D eigenvalue weighted by molar-refractivity contribution is 0.509. The van der Waals surface area contributed by atoms with Gasteiger partial charge in [-0.05, 0) is 13.8 Å². The summed E-state index contributed by atoms with van der Waals surface area (Å²) in [6.45, 7) is 3.80. The molecule has 5 heteroatoms. The molecule has 0 radical (unpaired) electrons. The predicted octanol–water partition coefficient (Wildman–Crippen LogP) is 2.48. The summed E-state index contributed by atoms with van der Waals surface area (Å²) in [7, 11) is 0. The van der Waals surface area contributed by atoms with Crippen molar-refractivity contribution in [2.45, 2.75) is 19.9 Å². The van der Waals surface area contributed by atoms with Crippen molar-refractivity contribution in [1.29, 1.82) is 0 Å². The highest BCUT2D eigenvalue weighted by atomic mass is 19.2. The summed E-state index contributed by atoms with van der Waals surface area (Å²) < 4.78 is 27.6. The first-order valence-corrected chi connectivity index (χ1v) is 4.63. The molecule has 0 saturated carbocycles. The van der Waals surface area contributed by atoms with Gasteiger partial charge < -0.3 is 10.3 Å². The lowest BCUT2D eigenvalue weighted by Gasteiger charge is -2.09. The van der Waals surface area contributed by atoms with Crippen molar-refractivity contribution in [2.75, 3.05) is 5.73 Å². The molecule has 0 saturated heterocycles. The molecular weight excluding hydrogens is 200 g/mol. The number of rotatable bonds is 1. The summed E-state index contributed by atoms with van der Waals surface area (Å²) in [5, 5.41) is 0. The van der Waals surface area contributed by atoms with Gasteiger partial charge in [0.05, 0.1) is 11.0 Å². The molecule has 2 N–H and O–H groups in total. The largest absolute Gasteiger partial charge is 0.369 e. The average Bonchev–Trinajstić information content (AvgIpc) is 2.41. The maximum atomic E-state index is 13.0. The van der Waals surface area contributed by atoms with Gasteiger partial charge in [-0.3, -0.25) is 0 Å². The van der Waals surface area contributed by atoms with Gasteiger partial charge in [0.15, 0.2) is 11.6 Å². The van der Waals surface area contributed by atoms with E-state index in [1.54, 1.807) is 4.57 Å². The van der Waals surface area contributed by atoms with E-state index < -0.39 is 11.6 Å². The minimum absolute atomic E-state index is 0.0554. The van der Waals surface area contributed by atoms with Gasteiger partial charge in [0, 0.05) is 18.2 Å². The Bertz CT molecular complexity index is 517. The van der Waals surface area contributed by atoms with Crippen molar-refractivity contribution >= 4 is 17.0 Å². The van der Waals surface area contributed by atoms with Crippen molar-refractivity contribution < 1.29 is 8.78 Å². The van der Waals surface area contributed by atoms with Crippen molar-refractivity contribution in [3.8, 4) is 0 Å². The van der Waals surface area contributed by atoms with Crippen LogP contribution in [0.1, 0.15) is 19.9 Å². The molecule has 1 aromatic carbocycles. The fraction of sp³-hybridized carbons (Fsp3) is 0.300. The molecule has 0 amide bonds. The summed E-state index contributed by atoms with van der Waals surface area (Å²) in [6, 6.07) is 2.23. The van der Waals surface area contributed by atoms with E-state index in [1.165, 1.54) is 0 Å². The van der Waals surface area contributed by atoms with Gasteiger partial charge in [0.2, 0.25) is 5.95 Å². The zero-order valence-corrected chi connectivity index (χ0v) is 8.46. The second-order valence-electron chi connectivity index (χ2n) is 3.69. The Morgan fingerprint density at radius 2 is 1.87 bits per heavy atom. The van der Waals surface area contributed by atoms with E-state index in [9.17, 15) is 8.78 Å². The Morgan fingerprint density at radius 1 is 1.27 bits per heavy atom. The highest BCUT2D eigenvalue weighted by Crippen LogP contribution is 2.24. The van der Waals surface area contributed by atoms with Crippen molar-refractivity contribution in [1.82, 2.24) is 9.55 Å². The third-order valence-corrected chi connectivity index (χ3v) is 2.28. The lowest BCUT2D eigenvalue weighted by atomic mass is 10.2. The van der Waals surface area contributed by atoms with Gasteiger partial charge in [0.1, 0.15) is 0 Å². The van der Waals surface area contributed by atoms with Crippen LogP contribution in [0.2, 0.25) is 0 Å². The van der Waals surface area contributed by atoms with Crippen molar-refractivity contribution in [2.24, 2.45) is 0 Å². The Hall–Kier alpha value is -1.65. The minimum atomic E-state index is -0.907. The summed E-state index contributed by atoms with van der Waals surface area (Å²) in [5.41, 5.74) is 6.55.